The van der Waals surface area contributed by atoms with Gasteiger partial charge in [0.1, 0.15) is 5.82 Å². The first-order valence-electron chi connectivity index (χ1n) is 5.25. The summed E-state index contributed by atoms with van der Waals surface area (Å²) in [4.78, 5) is 0. The molecule has 1 N–H and O–H groups in total. The molecule has 0 bridgehead atoms. The van der Waals surface area contributed by atoms with Crippen LogP contribution in [0.4, 0.5) is 10.2 Å². The zero-order chi connectivity index (χ0) is 12.3. The van der Waals surface area contributed by atoms with E-state index >= 15 is 0 Å². The summed E-state index contributed by atoms with van der Waals surface area (Å²) in [5.41, 5.74) is 0.996. The number of halogens is 1. The number of nitrogens with one attached hydrogen (secondary N) is 1. The first-order chi connectivity index (χ1) is 8.19. The first kappa shape index (κ1) is 11.4. The van der Waals surface area contributed by atoms with Crippen molar-refractivity contribution in [1.82, 2.24) is 9.78 Å². The van der Waals surface area contributed by atoms with E-state index < -0.39 is 0 Å². The molecule has 1 aromatic heterocycles. The molecule has 17 heavy (non-hydrogen) atoms. The minimum Gasteiger partial charge on any atom is -0.481 e. The summed E-state index contributed by atoms with van der Waals surface area (Å²) in [7, 11) is 3.41. The normalized spacial score (nSPS) is 10.3. The second-order valence-electron chi connectivity index (χ2n) is 3.68. The van der Waals surface area contributed by atoms with Crippen molar-refractivity contribution in [3.8, 4) is 5.88 Å². The molecule has 4 nitrogen and oxygen atoms in total. The van der Waals surface area contributed by atoms with E-state index in [1.54, 1.807) is 23.9 Å². The molecule has 1 aromatic carbocycles. The Labute approximate surface area is 99.0 Å². The minimum atomic E-state index is -0.228. The Kier molecular flexibility index (Phi) is 3.27. The zero-order valence-corrected chi connectivity index (χ0v) is 9.77. The van der Waals surface area contributed by atoms with Crippen LogP contribution in [0.2, 0.25) is 0 Å². The fourth-order valence-corrected chi connectivity index (χ4v) is 1.52. The van der Waals surface area contributed by atoms with Gasteiger partial charge in [-0.25, -0.2) is 9.07 Å². The lowest BCUT2D eigenvalue weighted by molar-refractivity contribution is 0.373. The molecule has 0 spiro atoms. The molecule has 0 atom stereocenters. The Hall–Kier alpha value is -2.04. The van der Waals surface area contributed by atoms with Crippen LogP contribution >= 0.6 is 0 Å². The SMILES string of the molecule is COc1cc(NCc2ccc(F)cc2)nn1C. The number of hydrogen-bond donors (Lipinski definition) is 1. The van der Waals surface area contributed by atoms with Crippen molar-refractivity contribution < 1.29 is 9.13 Å². The third kappa shape index (κ3) is 2.75. The van der Waals surface area contributed by atoms with Crippen LogP contribution in [-0.4, -0.2) is 16.9 Å². The van der Waals surface area contributed by atoms with Gasteiger partial charge in [-0.2, -0.15) is 5.10 Å². The molecule has 0 saturated carbocycles. The minimum absolute atomic E-state index is 0.228. The smallest absolute Gasteiger partial charge is 0.213 e. The molecule has 90 valence electrons. The van der Waals surface area contributed by atoms with Crippen molar-refractivity contribution in [3.63, 3.8) is 0 Å². The summed E-state index contributed by atoms with van der Waals surface area (Å²) in [6.07, 6.45) is 0. The van der Waals surface area contributed by atoms with Gasteiger partial charge in [-0.1, -0.05) is 12.1 Å². The number of aryl methyl sites for hydroxylation is 1. The number of anilines is 1. The largest absolute Gasteiger partial charge is 0.481 e. The third-order valence-corrected chi connectivity index (χ3v) is 2.43. The van der Waals surface area contributed by atoms with Gasteiger partial charge in [-0.15, -0.1) is 0 Å². The summed E-state index contributed by atoms with van der Waals surface area (Å²) >= 11 is 0. The quantitative estimate of drug-likeness (QED) is 0.882. The maximum atomic E-state index is 12.7. The highest BCUT2D eigenvalue weighted by atomic mass is 19.1. The monoisotopic (exact) mass is 235 g/mol. The van der Waals surface area contributed by atoms with Crippen LogP contribution < -0.4 is 10.1 Å². The van der Waals surface area contributed by atoms with Crippen molar-refractivity contribution in [2.75, 3.05) is 12.4 Å². The van der Waals surface area contributed by atoms with E-state index in [1.165, 1.54) is 12.1 Å². The summed E-state index contributed by atoms with van der Waals surface area (Å²) in [5, 5.41) is 7.36. The number of benzene rings is 1. The molecule has 0 aliphatic rings. The molecule has 2 rings (SSSR count). The summed E-state index contributed by atoms with van der Waals surface area (Å²) in [5.74, 6) is 1.19. The zero-order valence-electron chi connectivity index (χ0n) is 9.77. The second kappa shape index (κ2) is 4.86. The highest BCUT2D eigenvalue weighted by Crippen LogP contribution is 2.16. The molecule has 0 amide bonds. The van der Waals surface area contributed by atoms with Gasteiger partial charge in [0.05, 0.1) is 7.11 Å². The molecule has 5 heteroatoms. The Morgan fingerprint density at radius 1 is 1.35 bits per heavy atom. The second-order valence-corrected chi connectivity index (χ2v) is 3.68. The predicted octanol–water partition coefficient (Wildman–Crippen LogP) is 2.18. The Morgan fingerprint density at radius 3 is 2.65 bits per heavy atom. The van der Waals surface area contributed by atoms with E-state index in [2.05, 4.69) is 10.4 Å². The van der Waals surface area contributed by atoms with Gasteiger partial charge in [-0.05, 0) is 17.7 Å². The van der Waals surface area contributed by atoms with Gasteiger partial charge >= 0.3 is 0 Å². The molecule has 0 fully saturated rings. The van der Waals surface area contributed by atoms with Crippen molar-refractivity contribution in [2.24, 2.45) is 7.05 Å². The molecule has 0 saturated heterocycles. The summed E-state index contributed by atoms with van der Waals surface area (Å²) in [6.45, 7) is 0.598. The lowest BCUT2D eigenvalue weighted by atomic mass is 10.2. The van der Waals surface area contributed by atoms with E-state index in [1.807, 2.05) is 13.1 Å². The highest BCUT2D eigenvalue weighted by molar-refractivity contribution is 5.39. The molecule has 2 aromatic rings. The number of nitrogens with zero attached hydrogens (tertiary/aromatic N) is 2. The van der Waals surface area contributed by atoms with E-state index in [0.717, 1.165) is 11.4 Å². The van der Waals surface area contributed by atoms with E-state index in [0.29, 0.717) is 12.4 Å². The van der Waals surface area contributed by atoms with Crippen LogP contribution in [0.3, 0.4) is 0 Å². The first-order valence-corrected chi connectivity index (χ1v) is 5.25. The average molecular weight is 235 g/mol. The van der Waals surface area contributed by atoms with Crippen molar-refractivity contribution in [1.29, 1.82) is 0 Å². The molecule has 0 aliphatic carbocycles. The van der Waals surface area contributed by atoms with E-state index in [4.69, 9.17) is 4.74 Å². The topological polar surface area (TPSA) is 39.1 Å². The lowest BCUT2D eigenvalue weighted by Gasteiger charge is -2.02. The fraction of sp³-hybridized carbons (Fsp3) is 0.250. The van der Waals surface area contributed by atoms with Gasteiger partial charge in [0.25, 0.3) is 0 Å². The average Bonchev–Trinajstić information content (AvgIpc) is 2.69. The molecule has 1 heterocycles. The van der Waals surface area contributed by atoms with Crippen LogP contribution in [0.25, 0.3) is 0 Å². The lowest BCUT2D eigenvalue weighted by Crippen LogP contribution is -2.01. The van der Waals surface area contributed by atoms with Gasteiger partial charge < -0.3 is 10.1 Å². The van der Waals surface area contributed by atoms with Gasteiger partial charge in [0, 0.05) is 19.7 Å². The Balaban J connectivity index is 1.99. The van der Waals surface area contributed by atoms with Crippen LogP contribution in [0.15, 0.2) is 30.3 Å². The van der Waals surface area contributed by atoms with Crippen LogP contribution in [0, 0.1) is 5.82 Å². The summed E-state index contributed by atoms with van der Waals surface area (Å²) in [6, 6.07) is 8.17. The molecular weight excluding hydrogens is 221 g/mol. The predicted molar refractivity (Wildman–Crippen MR) is 63.5 cm³/mol. The van der Waals surface area contributed by atoms with Crippen molar-refractivity contribution in [3.05, 3.63) is 41.7 Å². The molecular formula is C12H14FN3O. The van der Waals surface area contributed by atoms with Crippen LogP contribution in [-0.2, 0) is 13.6 Å². The standard InChI is InChI=1S/C12H14FN3O/c1-16-12(17-2)7-11(15-16)14-8-9-3-5-10(13)6-4-9/h3-7H,8H2,1-2H3,(H,14,15). The molecule has 0 aliphatic heterocycles. The van der Waals surface area contributed by atoms with Crippen LogP contribution in [0.5, 0.6) is 5.88 Å². The fourth-order valence-electron chi connectivity index (χ4n) is 1.52. The Morgan fingerprint density at radius 2 is 2.06 bits per heavy atom. The van der Waals surface area contributed by atoms with Gasteiger partial charge in [-0.3, -0.25) is 0 Å². The van der Waals surface area contributed by atoms with E-state index in [9.17, 15) is 4.39 Å². The number of rotatable bonds is 4. The maximum absolute atomic E-state index is 12.7. The molecule has 0 radical (unpaired) electrons. The number of methoxy groups -OCH3 is 1. The number of ether oxygens (including phenoxy) is 1. The van der Waals surface area contributed by atoms with Crippen molar-refractivity contribution >= 4 is 5.82 Å². The third-order valence-electron chi connectivity index (χ3n) is 2.43. The number of aromatic nitrogens is 2. The maximum Gasteiger partial charge on any atom is 0.213 e. The molecule has 0 unspecified atom stereocenters. The summed E-state index contributed by atoms with van der Waals surface area (Å²) < 4.78 is 19.4. The van der Waals surface area contributed by atoms with Crippen LogP contribution in [0.1, 0.15) is 5.56 Å². The van der Waals surface area contributed by atoms with Crippen molar-refractivity contribution in [2.45, 2.75) is 6.54 Å². The van der Waals surface area contributed by atoms with Gasteiger partial charge in [0.15, 0.2) is 5.82 Å². The number of hydrogen-bond acceptors (Lipinski definition) is 3. The van der Waals surface area contributed by atoms with Gasteiger partial charge in [0.2, 0.25) is 5.88 Å². The van der Waals surface area contributed by atoms with E-state index in [-0.39, 0.29) is 5.82 Å². The highest BCUT2D eigenvalue weighted by Gasteiger charge is 2.04. The Bertz CT molecular complexity index is 493.